The summed E-state index contributed by atoms with van der Waals surface area (Å²) < 4.78 is 6.22. The van der Waals surface area contributed by atoms with E-state index in [0.717, 1.165) is 24.0 Å². The Morgan fingerprint density at radius 1 is 1.30 bits per heavy atom. The first-order valence-electron chi connectivity index (χ1n) is 8.18. The highest BCUT2D eigenvalue weighted by Gasteiger charge is 2.51. The van der Waals surface area contributed by atoms with Crippen LogP contribution in [-0.4, -0.2) is 19.7 Å². The van der Waals surface area contributed by atoms with Crippen LogP contribution in [0, 0.1) is 17.3 Å². The zero-order valence-corrected chi connectivity index (χ0v) is 12.4. The molecule has 2 nitrogen and oxygen atoms in total. The van der Waals surface area contributed by atoms with E-state index in [-0.39, 0.29) is 0 Å². The molecule has 1 N–H and O–H groups in total. The molecule has 0 amide bonds. The molecule has 1 aliphatic heterocycles. The molecule has 0 aromatic heterocycles. The molecule has 1 aromatic rings. The molecule has 4 unspecified atom stereocenters. The summed E-state index contributed by atoms with van der Waals surface area (Å²) in [6.45, 7) is 1.17. The van der Waals surface area contributed by atoms with Crippen molar-refractivity contribution in [1.82, 2.24) is 5.32 Å². The second-order valence-corrected chi connectivity index (χ2v) is 7.23. The first-order valence-corrected chi connectivity index (χ1v) is 8.18. The summed E-state index contributed by atoms with van der Waals surface area (Å²) in [7, 11) is 2.11. The lowest BCUT2D eigenvalue weighted by Gasteiger charge is -2.39. The van der Waals surface area contributed by atoms with Crippen LogP contribution < -0.4 is 10.1 Å². The van der Waals surface area contributed by atoms with Crippen molar-refractivity contribution < 1.29 is 4.74 Å². The Morgan fingerprint density at radius 3 is 2.90 bits per heavy atom. The van der Waals surface area contributed by atoms with Gasteiger partial charge in [0.2, 0.25) is 0 Å². The number of para-hydroxylation sites is 1. The molecular weight excluding hydrogens is 246 g/mol. The fourth-order valence-corrected chi connectivity index (χ4v) is 5.27. The first-order chi connectivity index (χ1) is 9.79. The van der Waals surface area contributed by atoms with Gasteiger partial charge in [-0.05, 0) is 61.6 Å². The van der Waals surface area contributed by atoms with Crippen LogP contribution in [0.2, 0.25) is 0 Å². The smallest absolute Gasteiger partial charge is 0.123 e. The van der Waals surface area contributed by atoms with Gasteiger partial charge in [0.05, 0.1) is 0 Å². The topological polar surface area (TPSA) is 21.3 Å². The van der Waals surface area contributed by atoms with Gasteiger partial charge in [-0.3, -0.25) is 0 Å². The predicted octanol–water partition coefficient (Wildman–Crippen LogP) is 3.41. The molecule has 3 aliphatic rings. The van der Waals surface area contributed by atoms with Crippen LogP contribution in [0.5, 0.6) is 5.75 Å². The molecule has 0 saturated heterocycles. The summed E-state index contributed by atoms with van der Waals surface area (Å²) in [5.74, 6) is 3.06. The summed E-state index contributed by atoms with van der Waals surface area (Å²) in [4.78, 5) is 0. The van der Waals surface area contributed by atoms with Gasteiger partial charge in [0.15, 0.2) is 0 Å². The van der Waals surface area contributed by atoms with E-state index in [4.69, 9.17) is 4.74 Å². The van der Waals surface area contributed by atoms with Gasteiger partial charge in [-0.25, -0.2) is 0 Å². The summed E-state index contributed by atoms with van der Waals surface area (Å²) >= 11 is 0. The quantitative estimate of drug-likeness (QED) is 0.906. The molecule has 108 valence electrons. The summed E-state index contributed by atoms with van der Waals surface area (Å²) in [6, 6.07) is 8.56. The van der Waals surface area contributed by atoms with Crippen molar-refractivity contribution in [1.29, 1.82) is 0 Å². The van der Waals surface area contributed by atoms with Gasteiger partial charge in [-0.1, -0.05) is 24.6 Å². The Kier molecular flexibility index (Phi) is 3.03. The molecule has 2 aliphatic carbocycles. The van der Waals surface area contributed by atoms with E-state index in [1.54, 1.807) is 0 Å². The molecule has 2 fully saturated rings. The average Bonchev–Trinajstić information content (AvgIpc) is 3.11. The van der Waals surface area contributed by atoms with Crippen molar-refractivity contribution in [3.63, 3.8) is 0 Å². The van der Waals surface area contributed by atoms with Gasteiger partial charge in [0, 0.05) is 13.0 Å². The van der Waals surface area contributed by atoms with Gasteiger partial charge in [-0.2, -0.15) is 0 Å². The third kappa shape index (κ3) is 1.96. The minimum Gasteiger partial charge on any atom is -0.490 e. The Bertz CT molecular complexity index is 475. The van der Waals surface area contributed by atoms with Gasteiger partial charge < -0.3 is 10.1 Å². The van der Waals surface area contributed by atoms with Gasteiger partial charge >= 0.3 is 0 Å². The number of rotatable bonds is 4. The highest BCUT2D eigenvalue weighted by atomic mass is 16.5. The molecular formula is C18H25NO. The van der Waals surface area contributed by atoms with Crippen molar-refractivity contribution >= 4 is 0 Å². The van der Waals surface area contributed by atoms with E-state index in [9.17, 15) is 0 Å². The van der Waals surface area contributed by atoms with Gasteiger partial charge in [0.25, 0.3) is 0 Å². The lowest BCUT2D eigenvalue weighted by Crippen LogP contribution is -2.41. The minimum atomic E-state index is 0.403. The number of benzene rings is 1. The van der Waals surface area contributed by atoms with Crippen molar-refractivity contribution in [2.45, 2.75) is 44.6 Å². The van der Waals surface area contributed by atoms with Crippen LogP contribution in [0.15, 0.2) is 24.3 Å². The number of hydrogen-bond acceptors (Lipinski definition) is 2. The first kappa shape index (κ1) is 12.7. The molecule has 4 rings (SSSR count). The molecule has 0 radical (unpaired) electrons. The third-order valence-electron chi connectivity index (χ3n) is 5.98. The molecule has 20 heavy (non-hydrogen) atoms. The van der Waals surface area contributed by atoms with E-state index in [2.05, 4.69) is 36.6 Å². The third-order valence-corrected chi connectivity index (χ3v) is 5.98. The van der Waals surface area contributed by atoms with Crippen LogP contribution >= 0.6 is 0 Å². The van der Waals surface area contributed by atoms with Crippen LogP contribution in [-0.2, 0) is 6.42 Å². The van der Waals surface area contributed by atoms with E-state index in [1.807, 2.05) is 0 Å². The van der Waals surface area contributed by atoms with Gasteiger partial charge in [-0.15, -0.1) is 0 Å². The largest absolute Gasteiger partial charge is 0.490 e. The molecule has 1 aromatic carbocycles. The fourth-order valence-electron chi connectivity index (χ4n) is 5.27. The molecule has 2 bridgehead atoms. The summed E-state index contributed by atoms with van der Waals surface area (Å²) in [6.07, 6.45) is 8.58. The standard InChI is InChI=1S/C18H25NO/c1-19-12-18(10-13-6-7-15(18)8-13)11-16-9-14-4-2-3-5-17(14)20-16/h2-5,13,15-16,19H,6-12H2,1H3. The van der Waals surface area contributed by atoms with Crippen LogP contribution in [0.25, 0.3) is 0 Å². The summed E-state index contributed by atoms with van der Waals surface area (Å²) in [5.41, 5.74) is 1.91. The van der Waals surface area contributed by atoms with Crippen LogP contribution in [0.4, 0.5) is 0 Å². The van der Waals surface area contributed by atoms with Crippen molar-refractivity contribution in [2.24, 2.45) is 17.3 Å². The predicted molar refractivity (Wildman–Crippen MR) is 81.0 cm³/mol. The van der Waals surface area contributed by atoms with E-state index in [0.29, 0.717) is 11.5 Å². The lowest BCUT2D eigenvalue weighted by molar-refractivity contribution is 0.0811. The Balaban J connectivity index is 1.51. The number of fused-ring (bicyclic) bond motifs is 3. The molecule has 2 heteroatoms. The van der Waals surface area contributed by atoms with Gasteiger partial charge in [0.1, 0.15) is 11.9 Å². The summed E-state index contributed by atoms with van der Waals surface area (Å²) in [5, 5.41) is 3.47. The normalized spacial score (nSPS) is 38.0. The lowest BCUT2D eigenvalue weighted by atomic mass is 9.69. The van der Waals surface area contributed by atoms with Crippen molar-refractivity contribution in [2.75, 3.05) is 13.6 Å². The Hall–Kier alpha value is -1.02. The average molecular weight is 271 g/mol. The maximum absolute atomic E-state index is 6.22. The highest BCUT2D eigenvalue weighted by molar-refractivity contribution is 5.37. The monoisotopic (exact) mass is 271 g/mol. The Morgan fingerprint density at radius 2 is 2.20 bits per heavy atom. The maximum atomic E-state index is 6.22. The van der Waals surface area contributed by atoms with E-state index in [1.165, 1.54) is 44.2 Å². The zero-order chi connectivity index (χ0) is 13.6. The van der Waals surface area contributed by atoms with E-state index >= 15 is 0 Å². The van der Waals surface area contributed by atoms with E-state index < -0.39 is 0 Å². The molecule has 4 atom stereocenters. The fraction of sp³-hybridized carbons (Fsp3) is 0.667. The molecule has 2 saturated carbocycles. The zero-order valence-electron chi connectivity index (χ0n) is 12.4. The number of nitrogens with one attached hydrogen (secondary N) is 1. The van der Waals surface area contributed by atoms with Crippen LogP contribution in [0.3, 0.4) is 0 Å². The highest BCUT2D eigenvalue weighted by Crippen LogP contribution is 2.58. The SMILES string of the molecule is CNCC1(CC2Cc3ccccc3O2)CC2CCC1C2. The second-order valence-electron chi connectivity index (χ2n) is 7.23. The molecule has 1 heterocycles. The molecule has 0 spiro atoms. The number of hydrogen-bond donors (Lipinski definition) is 1. The van der Waals surface area contributed by atoms with Crippen molar-refractivity contribution in [3.05, 3.63) is 29.8 Å². The van der Waals surface area contributed by atoms with Crippen LogP contribution in [0.1, 0.15) is 37.7 Å². The van der Waals surface area contributed by atoms with Crippen molar-refractivity contribution in [3.8, 4) is 5.75 Å². The maximum Gasteiger partial charge on any atom is 0.123 e. The number of ether oxygens (including phenoxy) is 1. The Labute approximate surface area is 121 Å². The second kappa shape index (κ2) is 4.77. The minimum absolute atomic E-state index is 0.403.